The van der Waals surface area contributed by atoms with Gasteiger partial charge < -0.3 is 0 Å². The van der Waals surface area contributed by atoms with E-state index in [2.05, 4.69) is 38.8 Å². The molecule has 3 aliphatic rings. The van der Waals surface area contributed by atoms with Crippen molar-refractivity contribution in [2.75, 3.05) is 6.26 Å². The van der Waals surface area contributed by atoms with Crippen molar-refractivity contribution in [3.8, 4) is 0 Å². The number of rotatable bonds is 3. The molecule has 6 atom stereocenters. The zero-order valence-corrected chi connectivity index (χ0v) is 16.3. The third-order valence-corrected chi connectivity index (χ3v) is 8.77. The van der Waals surface area contributed by atoms with Gasteiger partial charge in [0.2, 0.25) is 0 Å². The molecule has 3 bridgehead atoms. The lowest BCUT2D eigenvalue weighted by atomic mass is 9.63. The van der Waals surface area contributed by atoms with E-state index >= 15 is 0 Å². The van der Waals surface area contributed by atoms with Crippen molar-refractivity contribution in [1.82, 2.24) is 0 Å². The average Bonchev–Trinajstić information content (AvgIpc) is 2.78. The minimum atomic E-state index is 0.673. The number of thioether (sulfide) groups is 1. The molecule has 6 unspecified atom stereocenters. The van der Waals surface area contributed by atoms with Gasteiger partial charge in [0.15, 0.2) is 0 Å². The molecule has 0 heterocycles. The molecule has 0 saturated heterocycles. The molecule has 3 fully saturated rings. The molecule has 0 nitrogen and oxygen atoms in total. The Morgan fingerprint density at radius 1 is 1.05 bits per heavy atom. The summed E-state index contributed by atoms with van der Waals surface area (Å²) in [7, 11) is 0. The van der Waals surface area contributed by atoms with Crippen LogP contribution in [0.1, 0.15) is 91.4 Å². The molecule has 0 aromatic carbocycles. The molecule has 0 spiro atoms. The van der Waals surface area contributed by atoms with E-state index in [0.717, 1.165) is 23.0 Å². The monoisotopic (exact) mass is 322 g/mol. The Kier molecular flexibility index (Phi) is 5.23. The first-order valence-electron chi connectivity index (χ1n) is 10.0. The SMILES string of the molecule is CCCC12CCCC3CC(C)(CCC(SC)C1)CC3C(C)C2. The van der Waals surface area contributed by atoms with Gasteiger partial charge in [-0.25, -0.2) is 0 Å². The number of fused-ring (bicyclic) bond motifs is 3. The fourth-order valence-electron chi connectivity index (χ4n) is 6.81. The lowest BCUT2D eigenvalue weighted by molar-refractivity contribution is 0.0903. The Labute approximate surface area is 143 Å². The fourth-order valence-corrected chi connectivity index (χ4v) is 7.68. The molecular formula is C21H38S. The summed E-state index contributed by atoms with van der Waals surface area (Å²) in [5.41, 5.74) is 1.36. The maximum Gasteiger partial charge on any atom is 0.00497 e. The van der Waals surface area contributed by atoms with Crippen molar-refractivity contribution in [2.45, 2.75) is 96.7 Å². The van der Waals surface area contributed by atoms with Crippen molar-refractivity contribution < 1.29 is 0 Å². The summed E-state index contributed by atoms with van der Waals surface area (Å²) < 4.78 is 0. The molecule has 0 amide bonds. The molecule has 3 rings (SSSR count). The molecule has 0 radical (unpaired) electrons. The summed E-state index contributed by atoms with van der Waals surface area (Å²) in [6.07, 6.45) is 19.0. The third-order valence-electron chi connectivity index (χ3n) is 7.70. The van der Waals surface area contributed by atoms with E-state index in [9.17, 15) is 0 Å². The highest BCUT2D eigenvalue weighted by Crippen LogP contribution is 2.58. The van der Waals surface area contributed by atoms with Crippen LogP contribution in [0.5, 0.6) is 0 Å². The van der Waals surface area contributed by atoms with Crippen molar-refractivity contribution in [1.29, 1.82) is 0 Å². The molecule has 0 aromatic rings. The van der Waals surface area contributed by atoms with Crippen molar-refractivity contribution in [2.24, 2.45) is 28.6 Å². The highest BCUT2D eigenvalue weighted by molar-refractivity contribution is 7.99. The van der Waals surface area contributed by atoms with E-state index in [1.165, 1.54) is 51.4 Å². The Balaban J connectivity index is 1.92. The van der Waals surface area contributed by atoms with Crippen LogP contribution in [0.25, 0.3) is 0 Å². The van der Waals surface area contributed by atoms with Crippen molar-refractivity contribution in [3.63, 3.8) is 0 Å². The quantitative estimate of drug-likeness (QED) is 0.542. The van der Waals surface area contributed by atoms with Gasteiger partial charge >= 0.3 is 0 Å². The van der Waals surface area contributed by atoms with Crippen LogP contribution < -0.4 is 0 Å². The second-order valence-electron chi connectivity index (χ2n) is 9.57. The zero-order valence-electron chi connectivity index (χ0n) is 15.5. The largest absolute Gasteiger partial charge is 0.162 e. The van der Waals surface area contributed by atoms with E-state index in [0.29, 0.717) is 10.8 Å². The van der Waals surface area contributed by atoms with Crippen molar-refractivity contribution >= 4 is 11.8 Å². The lowest BCUT2D eigenvalue weighted by Gasteiger charge is -2.44. The highest BCUT2D eigenvalue weighted by Gasteiger charge is 2.48. The number of hydrogen-bond acceptors (Lipinski definition) is 1. The van der Waals surface area contributed by atoms with Gasteiger partial charge in [-0.2, -0.15) is 11.8 Å². The Bertz CT molecular complexity index is 378. The first kappa shape index (κ1) is 17.2. The van der Waals surface area contributed by atoms with E-state index in [-0.39, 0.29) is 0 Å². The van der Waals surface area contributed by atoms with Crippen LogP contribution in [0.4, 0.5) is 0 Å². The van der Waals surface area contributed by atoms with Gasteiger partial charge in [0.1, 0.15) is 0 Å². The molecule has 3 aliphatic carbocycles. The van der Waals surface area contributed by atoms with Gasteiger partial charge in [0.25, 0.3) is 0 Å². The topological polar surface area (TPSA) is 0 Å². The van der Waals surface area contributed by atoms with Crippen LogP contribution >= 0.6 is 11.8 Å². The summed E-state index contributed by atoms with van der Waals surface area (Å²) in [5.74, 6) is 3.08. The van der Waals surface area contributed by atoms with E-state index in [4.69, 9.17) is 0 Å². The van der Waals surface area contributed by atoms with Crippen LogP contribution in [-0.4, -0.2) is 11.5 Å². The van der Waals surface area contributed by atoms with Crippen LogP contribution in [-0.2, 0) is 0 Å². The lowest BCUT2D eigenvalue weighted by Crippen LogP contribution is -2.34. The first-order chi connectivity index (χ1) is 10.5. The van der Waals surface area contributed by atoms with Crippen molar-refractivity contribution in [3.05, 3.63) is 0 Å². The molecule has 22 heavy (non-hydrogen) atoms. The minimum absolute atomic E-state index is 0.673. The van der Waals surface area contributed by atoms with Gasteiger partial charge in [-0.1, -0.05) is 40.0 Å². The number of hydrogen-bond donors (Lipinski definition) is 0. The van der Waals surface area contributed by atoms with E-state index in [1.807, 2.05) is 0 Å². The van der Waals surface area contributed by atoms with Crippen LogP contribution in [0, 0.1) is 28.6 Å². The second kappa shape index (κ2) is 6.69. The van der Waals surface area contributed by atoms with Gasteiger partial charge in [-0.05, 0) is 86.2 Å². The van der Waals surface area contributed by atoms with E-state index in [1.54, 1.807) is 19.3 Å². The summed E-state index contributed by atoms with van der Waals surface area (Å²) in [6, 6.07) is 0. The summed E-state index contributed by atoms with van der Waals surface area (Å²) in [6.45, 7) is 7.66. The standard InChI is InChI=1S/C21H38S/c1-5-9-21-10-6-7-17-13-20(3,11-8-18(14-21)22-4)15-19(17)16(2)12-21/h16-19H,5-15H2,1-4H3. The van der Waals surface area contributed by atoms with Gasteiger partial charge in [-0.15, -0.1) is 0 Å². The van der Waals surface area contributed by atoms with Crippen LogP contribution in [0.3, 0.4) is 0 Å². The van der Waals surface area contributed by atoms with E-state index < -0.39 is 0 Å². The van der Waals surface area contributed by atoms with Crippen LogP contribution in [0.15, 0.2) is 0 Å². The van der Waals surface area contributed by atoms with Gasteiger partial charge in [-0.3, -0.25) is 0 Å². The van der Waals surface area contributed by atoms with Gasteiger partial charge in [0, 0.05) is 5.25 Å². The summed E-state index contributed by atoms with van der Waals surface area (Å²) >= 11 is 2.18. The molecule has 0 aromatic heterocycles. The van der Waals surface area contributed by atoms with Crippen LogP contribution in [0.2, 0.25) is 0 Å². The molecular weight excluding hydrogens is 284 g/mol. The Morgan fingerprint density at radius 3 is 2.59 bits per heavy atom. The smallest absolute Gasteiger partial charge is 0.00497 e. The Hall–Kier alpha value is 0.350. The highest BCUT2D eigenvalue weighted by atomic mass is 32.2. The maximum atomic E-state index is 2.63. The maximum absolute atomic E-state index is 2.63. The molecule has 0 N–H and O–H groups in total. The predicted octanol–water partition coefficient (Wildman–Crippen LogP) is 6.93. The molecule has 1 heteroatoms. The predicted molar refractivity (Wildman–Crippen MR) is 100 cm³/mol. The summed E-state index contributed by atoms with van der Waals surface area (Å²) in [4.78, 5) is 0. The Morgan fingerprint density at radius 2 is 1.86 bits per heavy atom. The minimum Gasteiger partial charge on any atom is -0.162 e. The normalized spacial score (nSPS) is 49.1. The fraction of sp³-hybridized carbons (Fsp3) is 1.00. The van der Waals surface area contributed by atoms with Gasteiger partial charge in [0.05, 0.1) is 0 Å². The molecule has 3 saturated carbocycles. The average molecular weight is 323 g/mol. The first-order valence-corrected chi connectivity index (χ1v) is 11.3. The second-order valence-corrected chi connectivity index (χ2v) is 10.7. The zero-order chi connectivity index (χ0) is 15.8. The molecule has 128 valence electrons. The summed E-state index contributed by atoms with van der Waals surface area (Å²) in [5, 5.41) is 0.921. The molecule has 0 aliphatic heterocycles. The third kappa shape index (κ3) is 3.40.